The normalized spacial score (nSPS) is 16.4. The molecule has 1 aliphatic rings. The maximum absolute atomic E-state index is 10.6. The predicted molar refractivity (Wildman–Crippen MR) is 119 cm³/mol. The van der Waals surface area contributed by atoms with Gasteiger partial charge in [0.25, 0.3) is 0 Å². The largest absolute Gasteiger partial charge is 0.508 e. The number of carbonyl (C=O) groups is 1. The zero-order chi connectivity index (χ0) is 22.0. The first-order valence-electron chi connectivity index (χ1n) is 10.7. The summed E-state index contributed by atoms with van der Waals surface area (Å²) in [5.41, 5.74) is 2.74. The molecule has 2 rings (SSSR count). The van der Waals surface area contributed by atoms with Crippen LogP contribution >= 0.6 is 0 Å². The third-order valence-electron chi connectivity index (χ3n) is 5.74. The highest BCUT2D eigenvalue weighted by atomic mass is 16.4. The molecule has 3 N–H and O–H groups in total. The summed E-state index contributed by atoms with van der Waals surface area (Å²) >= 11 is 0. The number of carboxylic acid groups (broad SMARTS) is 1. The van der Waals surface area contributed by atoms with Crippen LogP contribution in [0.2, 0.25) is 0 Å². The highest BCUT2D eigenvalue weighted by molar-refractivity contribution is 5.86. The van der Waals surface area contributed by atoms with Crippen LogP contribution in [0.5, 0.6) is 11.5 Å². The Hall–Kier alpha value is -2.23. The summed E-state index contributed by atoms with van der Waals surface area (Å²) in [7, 11) is 0. The lowest BCUT2D eigenvalue weighted by molar-refractivity contribution is -0.133. The van der Waals surface area contributed by atoms with Crippen molar-refractivity contribution in [1.82, 2.24) is 0 Å². The van der Waals surface area contributed by atoms with Gasteiger partial charge in [0.1, 0.15) is 11.5 Å². The molecule has 162 valence electrons. The standard InChI is InChI=1S/C15H24O2.C10H14O2/c1-4-5-6-7-8-15(2,3)12-9-13(16)11-14(17)10-12;1-7-3-5-9(6-4-7)8(2)10(11)12/h9-11,16-17H,4-8H2,1-3H3;3,9H,2,4-6H2,1H3,(H,11,12)/t;9-/m.0/s1. The Bertz CT molecular complexity index is 695. The monoisotopic (exact) mass is 402 g/mol. The van der Waals surface area contributed by atoms with Crippen LogP contribution in [0.1, 0.15) is 84.6 Å². The molecular formula is C25H38O4. The molecule has 0 aliphatic heterocycles. The van der Waals surface area contributed by atoms with Gasteiger partial charge in [0.2, 0.25) is 0 Å². The molecule has 0 spiro atoms. The number of unbranched alkanes of at least 4 members (excludes halogenated alkanes) is 3. The fourth-order valence-electron chi connectivity index (χ4n) is 3.58. The van der Waals surface area contributed by atoms with E-state index in [9.17, 15) is 15.0 Å². The molecule has 0 radical (unpaired) electrons. The van der Waals surface area contributed by atoms with E-state index >= 15 is 0 Å². The van der Waals surface area contributed by atoms with Crippen molar-refractivity contribution in [2.75, 3.05) is 0 Å². The molecule has 4 heteroatoms. The van der Waals surface area contributed by atoms with Gasteiger partial charge < -0.3 is 15.3 Å². The van der Waals surface area contributed by atoms with Crippen LogP contribution in [0.4, 0.5) is 0 Å². The number of phenols is 2. The fourth-order valence-corrected chi connectivity index (χ4v) is 3.58. The summed E-state index contributed by atoms with van der Waals surface area (Å²) in [4.78, 5) is 10.6. The van der Waals surface area contributed by atoms with Crippen LogP contribution in [0, 0.1) is 5.92 Å². The van der Waals surface area contributed by atoms with Crippen molar-refractivity contribution in [2.24, 2.45) is 5.92 Å². The number of aliphatic carboxylic acids is 1. The van der Waals surface area contributed by atoms with Gasteiger partial charge in [-0.25, -0.2) is 4.79 Å². The zero-order valence-corrected chi connectivity index (χ0v) is 18.5. The average molecular weight is 403 g/mol. The molecule has 1 aromatic carbocycles. The summed E-state index contributed by atoms with van der Waals surface area (Å²) in [5.74, 6) is -0.414. The van der Waals surface area contributed by atoms with Crippen LogP contribution in [-0.4, -0.2) is 21.3 Å². The Balaban J connectivity index is 0.000000308. The fraction of sp³-hybridized carbons (Fsp3) is 0.560. The average Bonchev–Trinajstić information content (AvgIpc) is 2.65. The molecular weight excluding hydrogens is 364 g/mol. The molecule has 0 saturated heterocycles. The maximum Gasteiger partial charge on any atom is 0.331 e. The quantitative estimate of drug-likeness (QED) is 0.256. The summed E-state index contributed by atoms with van der Waals surface area (Å²) in [6.45, 7) is 12.2. The Labute approximate surface area is 176 Å². The number of rotatable bonds is 8. The number of carboxylic acids is 1. The molecule has 1 aromatic rings. The van der Waals surface area contributed by atoms with E-state index in [1.165, 1.54) is 37.3 Å². The molecule has 0 saturated carbocycles. The van der Waals surface area contributed by atoms with E-state index in [2.05, 4.69) is 40.3 Å². The third-order valence-corrected chi connectivity index (χ3v) is 5.74. The smallest absolute Gasteiger partial charge is 0.331 e. The Morgan fingerprint density at radius 2 is 1.76 bits per heavy atom. The van der Waals surface area contributed by atoms with Crippen molar-refractivity contribution in [3.8, 4) is 11.5 Å². The predicted octanol–water partition coefficient (Wildman–Crippen LogP) is 6.72. The molecule has 0 amide bonds. The van der Waals surface area contributed by atoms with E-state index in [0.29, 0.717) is 5.57 Å². The van der Waals surface area contributed by atoms with Gasteiger partial charge in [0.05, 0.1) is 0 Å². The maximum atomic E-state index is 10.6. The lowest BCUT2D eigenvalue weighted by Gasteiger charge is -2.25. The molecule has 0 fully saturated rings. The van der Waals surface area contributed by atoms with E-state index in [0.717, 1.165) is 31.2 Å². The number of allylic oxidation sites excluding steroid dienone is 2. The number of aromatic hydroxyl groups is 2. The van der Waals surface area contributed by atoms with Crippen LogP contribution in [0.3, 0.4) is 0 Å². The van der Waals surface area contributed by atoms with Crippen LogP contribution in [-0.2, 0) is 10.2 Å². The third kappa shape index (κ3) is 8.76. The highest BCUT2D eigenvalue weighted by Gasteiger charge is 2.21. The van der Waals surface area contributed by atoms with E-state index in [4.69, 9.17) is 5.11 Å². The second kappa shape index (κ2) is 11.7. The minimum atomic E-state index is -0.854. The minimum absolute atomic E-state index is 0.00393. The first kappa shape index (κ1) is 24.8. The van der Waals surface area contributed by atoms with Crippen LogP contribution in [0.25, 0.3) is 0 Å². The minimum Gasteiger partial charge on any atom is -0.508 e. The summed E-state index contributed by atoms with van der Waals surface area (Å²) in [6.07, 6.45) is 11.0. The van der Waals surface area contributed by atoms with Gasteiger partial charge in [-0.15, -0.1) is 0 Å². The van der Waals surface area contributed by atoms with E-state index in [-0.39, 0.29) is 22.8 Å². The highest BCUT2D eigenvalue weighted by Crippen LogP contribution is 2.34. The molecule has 1 aliphatic carbocycles. The van der Waals surface area contributed by atoms with Crippen molar-refractivity contribution in [3.05, 3.63) is 47.6 Å². The first-order chi connectivity index (χ1) is 13.6. The molecule has 0 heterocycles. The van der Waals surface area contributed by atoms with E-state index in [1.54, 1.807) is 12.1 Å². The Kier molecular flexibility index (Phi) is 10.0. The molecule has 1 atom stereocenters. The van der Waals surface area contributed by atoms with Crippen molar-refractivity contribution in [3.63, 3.8) is 0 Å². The van der Waals surface area contributed by atoms with Gasteiger partial charge in [0, 0.05) is 11.6 Å². The van der Waals surface area contributed by atoms with Crippen molar-refractivity contribution >= 4 is 5.97 Å². The van der Waals surface area contributed by atoms with Crippen LogP contribution < -0.4 is 0 Å². The number of phenolic OH excluding ortho intramolecular Hbond substituents is 2. The zero-order valence-electron chi connectivity index (χ0n) is 18.5. The van der Waals surface area contributed by atoms with Gasteiger partial charge in [0.15, 0.2) is 0 Å². The lowest BCUT2D eigenvalue weighted by atomic mass is 9.80. The summed E-state index contributed by atoms with van der Waals surface area (Å²) < 4.78 is 0. The lowest BCUT2D eigenvalue weighted by Crippen LogP contribution is -2.16. The summed E-state index contributed by atoms with van der Waals surface area (Å²) in [6, 6.07) is 4.87. The Morgan fingerprint density at radius 3 is 2.24 bits per heavy atom. The first-order valence-corrected chi connectivity index (χ1v) is 10.7. The second-order valence-electron chi connectivity index (χ2n) is 8.78. The molecule has 0 unspecified atom stereocenters. The van der Waals surface area contributed by atoms with Gasteiger partial charge >= 0.3 is 5.97 Å². The second-order valence-corrected chi connectivity index (χ2v) is 8.78. The van der Waals surface area contributed by atoms with Crippen molar-refractivity contribution in [1.29, 1.82) is 0 Å². The Morgan fingerprint density at radius 1 is 1.14 bits per heavy atom. The molecule has 4 nitrogen and oxygen atoms in total. The topological polar surface area (TPSA) is 77.8 Å². The van der Waals surface area contributed by atoms with Gasteiger partial charge in [-0.05, 0) is 61.6 Å². The van der Waals surface area contributed by atoms with Crippen LogP contribution in [0.15, 0.2) is 42.0 Å². The van der Waals surface area contributed by atoms with Gasteiger partial charge in [-0.2, -0.15) is 0 Å². The number of hydrogen-bond acceptors (Lipinski definition) is 3. The SMILES string of the molecule is C=C(C(=O)O)[C@H]1CC=C(C)CC1.CCCCCCC(C)(C)c1cc(O)cc(O)c1. The molecule has 29 heavy (non-hydrogen) atoms. The van der Waals surface area contributed by atoms with E-state index in [1.807, 2.05) is 0 Å². The van der Waals surface area contributed by atoms with Gasteiger partial charge in [-0.1, -0.05) is 64.7 Å². The molecule has 0 aromatic heterocycles. The van der Waals surface area contributed by atoms with Gasteiger partial charge in [-0.3, -0.25) is 0 Å². The molecule has 0 bridgehead atoms. The number of benzene rings is 1. The van der Waals surface area contributed by atoms with Crippen molar-refractivity contribution < 1.29 is 20.1 Å². The summed E-state index contributed by atoms with van der Waals surface area (Å²) in [5, 5.41) is 27.7. The van der Waals surface area contributed by atoms with E-state index < -0.39 is 5.97 Å². The number of hydrogen-bond donors (Lipinski definition) is 3. The van der Waals surface area contributed by atoms with Crippen molar-refractivity contribution in [2.45, 2.75) is 84.5 Å².